The number of methoxy groups -OCH3 is 1. The molecule has 172 valence electrons. The number of aromatic nitrogens is 2. The van der Waals surface area contributed by atoms with E-state index in [0.717, 1.165) is 12.8 Å². The molecule has 2 saturated heterocycles. The highest BCUT2D eigenvalue weighted by atomic mass is 32.2. The van der Waals surface area contributed by atoms with Crippen LogP contribution < -0.4 is 9.47 Å². The highest BCUT2D eigenvalue weighted by Crippen LogP contribution is 2.21. The minimum absolute atomic E-state index is 0.162. The highest BCUT2D eigenvalue weighted by molar-refractivity contribution is 7.89. The molecule has 32 heavy (non-hydrogen) atoms. The fourth-order valence-corrected chi connectivity index (χ4v) is 5.17. The molecule has 2 aliphatic heterocycles. The van der Waals surface area contributed by atoms with E-state index in [0.29, 0.717) is 56.7 Å². The van der Waals surface area contributed by atoms with Crippen molar-refractivity contribution in [1.29, 1.82) is 0 Å². The molecule has 2 aromatic rings. The second-order valence-electron chi connectivity index (χ2n) is 7.57. The van der Waals surface area contributed by atoms with Crippen LogP contribution in [-0.2, 0) is 14.8 Å². The molecule has 0 radical (unpaired) electrons. The van der Waals surface area contributed by atoms with E-state index in [-0.39, 0.29) is 16.9 Å². The van der Waals surface area contributed by atoms with Crippen molar-refractivity contribution in [1.82, 2.24) is 19.2 Å². The number of carbonyl (C=O) groups is 1. The third-order valence-electron chi connectivity index (χ3n) is 5.46. The molecule has 3 heterocycles. The van der Waals surface area contributed by atoms with Gasteiger partial charge in [-0.3, -0.25) is 9.78 Å². The topological polar surface area (TPSA) is 111 Å². The van der Waals surface area contributed by atoms with Crippen LogP contribution in [0.5, 0.6) is 11.8 Å². The number of hydrogen-bond donors (Lipinski definition) is 0. The molecule has 0 spiro atoms. The Labute approximate surface area is 187 Å². The Balaban J connectivity index is 1.41. The monoisotopic (exact) mass is 462 g/mol. The first-order chi connectivity index (χ1) is 15.5. The molecule has 1 aromatic carbocycles. The first-order valence-electron chi connectivity index (χ1n) is 10.5. The van der Waals surface area contributed by atoms with Crippen LogP contribution in [0.15, 0.2) is 41.6 Å². The Hall–Kier alpha value is -2.76. The van der Waals surface area contributed by atoms with Crippen molar-refractivity contribution in [2.45, 2.75) is 23.8 Å². The zero-order valence-electron chi connectivity index (χ0n) is 17.8. The van der Waals surface area contributed by atoms with Gasteiger partial charge in [0.15, 0.2) is 0 Å². The number of sulfonamides is 1. The van der Waals surface area contributed by atoms with Crippen molar-refractivity contribution in [3.63, 3.8) is 0 Å². The summed E-state index contributed by atoms with van der Waals surface area (Å²) >= 11 is 0. The zero-order valence-corrected chi connectivity index (χ0v) is 18.7. The molecule has 0 N–H and O–H groups in total. The quantitative estimate of drug-likeness (QED) is 0.630. The van der Waals surface area contributed by atoms with Crippen LogP contribution in [0.1, 0.15) is 23.2 Å². The smallest absolute Gasteiger partial charge is 0.253 e. The standard InChI is InChI=1S/C21H26N4O6S/c1-29-19-13-22-14-20(23-19)31-17-3-2-8-24(15-17)21(26)16-4-6-18(7-5-16)32(27,28)25-9-11-30-12-10-25/h4-7,13-14,17H,2-3,8-12,15H2,1H3. The van der Waals surface area contributed by atoms with Gasteiger partial charge in [0.2, 0.25) is 21.8 Å². The second-order valence-corrected chi connectivity index (χ2v) is 9.51. The van der Waals surface area contributed by atoms with Gasteiger partial charge in [0.25, 0.3) is 5.91 Å². The molecule has 1 unspecified atom stereocenters. The van der Waals surface area contributed by atoms with Gasteiger partial charge in [0, 0.05) is 25.2 Å². The van der Waals surface area contributed by atoms with E-state index in [1.807, 2.05) is 0 Å². The molecular weight excluding hydrogens is 436 g/mol. The van der Waals surface area contributed by atoms with Gasteiger partial charge in [0.05, 0.1) is 44.2 Å². The number of morpholine rings is 1. The summed E-state index contributed by atoms with van der Waals surface area (Å²) in [6.07, 6.45) is 4.37. The summed E-state index contributed by atoms with van der Waals surface area (Å²) < 4.78 is 43.1. The lowest BCUT2D eigenvalue weighted by molar-refractivity contribution is 0.0525. The van der Waals surface area contributed by atoms with E-state index in [2.05, 4.69) is 9.97 Å². The summed E-state index contributed by atoms with van der Waals surface area (Å²) in [4.78, 5) is 23.1. The van der Waals surface area contributed by atoms with Gasteiger partial charge in [-0.15, -0.1) is 0 Å². The third-order valence-corrected chi connectivity index (χ3v) is 7.37. The molecule has 1 atom stereocenters. The lowest BCUT2D eigenvalue weighted by Crippen LogP contribution is -2.44. The van der Waals surface area contributed by atoms with Crippen LogP contribution in [0.3, 0.4) is 0 Å². The summed E-state index contributed by atoms with van der Waals surface area (Å²) in [5, 5.41) is 0. The molecule has 0 aliphatic carbocycles. The van der Waals surface area contributed by atoms with Gasteiger partial charge in [-0.1, -0.05) is 0 Å². The van der Waals surface area contributed by atoms with Gasteiger partial charge < -0.3 is 19.1 Å². The number of nitrogens with zero attached hydrogens (tertiary/aromatic N) is 4. The van der Waals surface area contributed by atoms with E-state index < -0.39 is 10.0 Å². The van der Waals surface area contributed by atoms with Gasteiger partial charge in [-0.05, 0) is 37.1 Å². The first kappa shape index (κ1) is 22.4. The Morgan fingerprint density at radius 1 is 1.09 bits per heavy atom. The van der Waals surface area contributed by atoms with Crippen molar-refractivity contribution in [3.05, 3.63) is 42.2 Å². The average molecular weight is 463 g/mol. The lowest BCUT2D eigenvalue weighted by atomic mass is 10.1. The molecule has 2 aliphatic rings. The SMILES string of the molecule is COc1cncc(OC2CCCN(C(=O)c3ccc(S(=O)(=O)N4CCOCC4)cc3)C2)n1. The minimum Gasteiger partial charge on any atom is -0.480 e. The van der Waals surface area contributed by atoms with E-state index in [4.69, 9.17) is 14.2 Å². The maximum Gasteiger partial charge on any atom is 0.253 e. The van der Waals surface area contributed by atoms with Crippen LogP contribution in [0.25, 0.3) is 0 Å². The number of ether oxygens (including phenoxy) is 3. The summed E-state index contributed by atoms with van der Waals surface area (Å²) in [7, 11) is -2.09. The molecule has 1 aromatic heterocycles. The fourth-order valence-electron chi connectivity index (χ4n) is 3.76. The molecule has 11 heteroatoms. The summed E-state index contributed by atoms with van der Waals surface area (Å²) in [6, 6.07) is 6.10. The molecule has 4 rings (SSSR count). The number of benzene rings is 1. The highest BCUT2D eigenvalue weighted by Gasteiger charge is 2.28. The lowest BCUT2D eigenvalue weighted by Gasteiger charge is -2.32. The third kappa shape index (κ3) is 5.00. The molecule has 1 amide bonds. The van der Waals surface area contributed by atoms with Gasteiger partial charge in [-0.2, -0.15) is 9.29 Å². The Bertz CT molecular complexity index is 1040. The van der Waals surface area contributed by atoms with E-state index in [1.54, 1.807) is 17.0 Å². The van der Waals surface area contributed by atoms with Gasteiger partial charge >= 0.3 is 0 Å². The zero-order chi connectivity index (χ0) is 22.6. The van der Waals surface area contributed by atoms with Crippen molar-refractivity contribution < 1.29 is 27.4 Å². The van der Waals surface area contributed by atoms with Crippen LogP contribution >= 0.6 is 0 Å². The summed E-state index contributed by atoms with van der Waals surface area (Å²) in [6.45, 7) is 2.44. The minimum atomic E-state index is -3.59. The summed E-state index contributed by atoms with van der Waals surface area (Å²) in [5.74, 6) is 0.546. The number of likely N-dealkylation sites (tertiary alicyclic amines) is 1. The number of carbonyl (C=O) groups excluding carboxylic acids is 1. The van der Waals surface area contributed by atoms with Gasteiger partial charge in [-0.25, -0.2) is 8.42 Å². The average Bonchev–Trinajstić information content (AvgIpc) is 2.84. The van der Waals surface area contributed by atoms with Crippen LogP contribution in [0, 0.1) is 0 Å². The van der Waals surface area contributed by atoms with Crippen molar-refractivity contribution >= 4 is 15.9 Å². The van der Waals surface area contributed by atoms with Crippen LogP contribution in [-0.4, -0.2) is 86.1 Å². The number of rotatable bonds is 6. The Kier molecular flexibility index (Phi) is 6.87. The van der Waals surface area contributed by atoms with Crippen molar-refractivity contribution in [2.24, 2.45) is 0 Å². The normalized spacial score (nSPS) is 20.0. The summed E-state index contributed by atoms with van der Waals surface area (Å²) in [5.41, 5.74) is 0.438. The maximum absolute atomic E-state index is 13.0. The van der Waals surface area contributed by atoms with Gasteiger partial charge in [0.1, 0.15) is 6.10 Å². The maximum atomic E-state index is 13.0. The van der Waals surface area contributed by atoms with Crippen molar-refractivity contribution in [2.75, 3.05) is 46.5 Å². The van der Waals surface area contributed by atoms with E-state index >= 15 is 0 Å². The van der Waals surface area contributed by atoms with Crippen LogP contribution in [0.2, 0.25) is 0 Å². The molecule has 10 nitrogen and oxygen atoms in total. The van der Waals surface area contributed by atoms with E-state index in [9.17, 15) is 13.2 Å². The number of amides is 1. The molecule has 0 bridgehead atoms. The molecule has 2 fully saturated rings. The predicted octanol–water partition coefficient (Wildman–Crippen LogP) is 1.19. The fraction of sp³-hybridized carbons (Fsp3) is 0.476. The predicted molar refractivity (Wildman–Crippen MR) is 114 cm³/mol. The first-order valence-corrected chi connectivity index (χ1v) is 11.9. The number of piperidine rings is 1. The molecular formula is C21H26N4O6S. The number of hydrogen-bond acceptors (Lipinski definition) is 8. The van der Waals surface area contributed by atoms with E-state index in [1.165, 1.54) is 35.9 Å². The van der Waals surface area contributed by atoms with Crippen LogP contribution in [0.4, 0.5) is 0 Å². The Morgan fingerprint density at radius 2 is 1.81 bits per heavy atom. The molecule has 0 saturated carbocycles. The van der Waals surface area contributed by atoms with Crippen molar-refractivity contribution in [3.8, 4) is 11.8 Å². The largest absolute Gasteiger partial charge is 0.480 e. The Morgan fingerprint density at radius 3 is 2.53 bits per heavy atom. The second kappa shape index (κ2) is 9.80.